The highest BCUT2D eigenvalue weighted by Gasteiger charge is 2.25. The first-order valence-corrected chi connectivity index (χ1v) is 12.4. The van der Waals surface area contributed by atoms with Crippen molar-refractivity contribution >= 4 is 45.9 Å². The summed E-state index contributed by atoms with van der Waals surface area (Å²) in [6.45, 7) is 6.06. The third kappa shape index (κ3) is 5.19. The molecule has 176 valence electrons. The Morgan fingerprint density at radius 2 is 1.91 bits per heavy atom. The van der Waals surface area contributed by atoms with Crippen LogP contribution >= 0.6 is 23.2 Å². The van der Waals surface area contributed by atoms with E-state index in [2.05, 4.69) is 26.5 Å². The average Bonchev–Trinajstić information content (AvgIpc) is 3.34. The third-order valence-corrected chi connectivity index (χ3v) is 7.04. The van der Waals surface area contributed by atoms with Gasteiger partial charge in [0.05, 0.1) is 10.9 Å². The average molecular weight is 496 g/mol. The van der Waals surface area contributed by atoms with Crippen LogP contribution in [0.5, 0.6) is 5.75 Å². The van der Waals surface area contributed by atoms with E-state index in [0.717, 1.165) is 34.6 Å². The molecular weight excluding hydrogens is 469 g/mol. The molecule has 0 saturated carbocycles. The number of hydrogen-bond acceptors (Lipinski definition) is 6. The molecule has 1 fully saturated rings. The highest BCUT2D eigenvalue weighted by atomic mass is 35.5. The number of nitrogens with zero attached hydrogens (tertiary/aromatic N) is 4. The Hall–Kier alpha value is -2.67. The molecule has 0 bridgehead atoms. The van der Waals surface area contributed by atoms with Crippen LogP contribution in [0.25, 0.3) is 11.0 Å². The van der Waals surface area contributed by atoms with Crippen LogP contribution in [0.4, 0.5) is 11.6 Å². The molecule has 5 rings (SSSR count). The van der Waals surface area contributed by atoms with Gasteiger partial charge in [-0.1, -0.05) is 29.8 Å². The number of rotatable bonds is 7. The lowest BCUT2D eigenvalue weighted by atomic mass is 9.90. The minimum atomic E-state index is -0.205. The maximum atomic E-state index is 6.52. The maximum Gasteiger partial charge on any atom is 0.247 e. The van der Waals surface area contributed by atoms with Crippen molar-refractivity contribution in [3.8, 4) is 5.75 Å². The Labute approximate surface area is 209 Å². The minimum absolute atomic E-state index is 0.105. The number of allylic oxidation sites excluding steroid dienone is 4. The van der Waals surface area contributed by atoms with E-state index in [0.29, 0.717) is 23.1 Å². The Balaban J connectivity index is 1.26. The first-order valence-electron chi connectivity index (χ1n) is 11.6. The number of nitrogens with one attached hydrogen (secondary N) is 1. The van der Waals surface area contributed by atoms with Crippen LogP contribution in [0.15, 0.2) is 59.7 Å². The van der Waals surface area contributed by atoms with Crippen molar-refractivity contribution in [2.24, 2.45) is 0 Å². The molecule has 1 aliphatic carbocycles. The van der Waals surface area contributed by atoms with E-state index in [1.54, 1.807) is 0 Å². The Morgan fingerprint density at radius 3 is 2.68 bits per heavy atom. The lowest BCUT2D eigenvalue weighted by Gasteiger charge is -2.23. The van der Waals surface area contributed by atoms with E-state index >= 15 is 0 Å². The summed E-state index contributed by atoms with van der Waals surface area (Å²) in [7, 11) is 0. The molecular formula is C26H27Cl2N5O. The molecule has 1 saturated heterocycles. The van der Waals surface area contributed by atoms with E-state index in [1.165, 1.54) is 25.9 Å². The van der Waals surface area contributed by atoms with Crippen LogP contribution < -0.4 is 10.1 Å². The van der Waals surface area contributed by atoms with Crippen LogP contribution in [-0.2, 0) is 0 Å². The molecule has 6 nitrogen and oxygen atoms in total. The smallest absolute Gasteiger partial charge is 0.247 e. The van der Waals surface area contributed by atoms with Gasteiger partial charge < -0.3 is 10.1 Å². The highest BCUT2D eigenvalue weighted by Crippen LogP contribution is 2.38. The molecule has 3 aromatic rings. The molecule has 34 heavy (non-hydrogen) atoms. The first kappa shape index (κ1) is 23.1. The summed E-state index contributed by atoms with van der Waals surface area (Å²) >= 11 is 13.0. The van der Waals surface area contributed by atoms with Crippen LogP contribution in [0, 0.1) is 6.92 Å². The van der Waals surface area contributed by atoms with Gasteiger partial charge in [-0.25, -0.2) is 4.98 Å². The second-order valence-electron chi connectivity index (χ2n) is 8.75. The minimum Gasteiger partial charge on any atom is -0.492 e. The van der Waals surface area contributed by atoms with E-state index < -0.39 is 0 Å². The standard InChI is InChI=1S/C26H27Cl2N5O/c1-17-15-18(24-21(27)5-4-6-22(24)28)16-23-25(17)30-26(32-31-23)29-19-7-9-20(10-8-19)34-14-13-33-11-2-3-12-33/h4-10,15-16,21,24H,2-3,11-14H2,1H3,(H,29,30,32). The van der Waals surface area contributed by atoms with E-state index in [-0.39, 0.29) is 11.3 Å². The maximum absolute atomic E-state index is 6.52. The largest absolute Gasteiger partial charge is 0.492 e. The predicted octanol–water partition coefficient (Wildman–Crippen LogP) is 5.93. The summed E-state index contributed by atoms with van der Waals surface area (Å²) in [5.41, 5.74) is 4.38. The van der Waals surface area contributed by atoms with Gasteiger partial charge in [0.1, 0.15) is 17.9 Å². The normalized spacial score (nSPS) is 20.5. The van der Waals surface area contributed by atoms with Crippen molar-refractivity contribution in [1.82, 2.24) is 20.1 Å². The number of benzene rings is 2. The zero-order valence-corrected chi connectivity index (χ0v) is 20.6. The number of likely N-dealkylation sites (tertiary alicyclic amines) is 1. The molecule has 8 heteroatoms. The van der Waals surface area contributed by atoms with Crippen molar-refractivity contribution in [3.05, 3.63) is 70.8 Å². The molecule has 2 heterocycles. The summed E-state index contributed by atoms with van der Waals surface area (Å²) in [5, 5.41) is 12.4. The van der Waals surface area contributed by atoms with Crippen LogP contribution in [0.2, 0.25) is 0 Å². The monoisotopic (exact) mass is 495 g/mol. The molecule has 0 radical (unpaired) electrons. The first-order chi connectivity index (χ1) is 16.6. The second-order valence-corrected chi connectivity index (χ2v) is 9.69. The van der Waals surface area contributed by atoms with Gasteiger partial charge in [-0.2, -0.15) is 0 Å². The summed E-state index contributed by atoms with van der Waals surface area (Å²) < 4.78 is 5.88. The summed E-state index contributed by atoms with van der Waals surface area (Å²) in [6, 6.07) is 11.9. The van der Waals surface area contributed by atoms with E-state index in [4.69, 9.17) is 32.9 Å². The lowest BCUT2D eigenvalue weighted by molar-refractivity contribution is 0.238. The zero-order chi connectivity index (χ0) is 23.5. The summed E-state index contributed by atoms with van der Waals surface area (Å²) in [4.78, 5) is 7.14. The fraction of sp³-hybridized carbons (Fsp3) is 0.346. The Bertz CT molecular complexity index is 1220. The number of aryl methyl sites for hydroxylation is 1. The van der Waals surface area contributed by atoms with E-state index in [9.17, 15) is 0 Å². The van der Waals surface area contributed by atoms with Gasteiger partial charge in [-0.3, -0.25) is 4.90 Å². The fourth-order valence-corrected chi connectivity index (χ4v) is 5.26. The Morgan fingerprint density at radius 1 is 1.12 bits per heavy atom. The van der Waals surface area contributed by atoms with Crippen molar-refractivity contribution in [2.45, 2.75) is 31.1 Å². The molecule has 2 atom stereocenters. The van der Waals surface area contributed by atoms with Crippen LogP contribution in [0.1, 0.15) is 29.9 Å². The SMILES string of the molecule is Cc1cc(C2C(Cl)=CC=CC2Cl)cc2nnc(Nc3ccc(OCCN4CCCC4)cc3)nc12. The van der Waals surface area contributed by atoms with Crippen LogP contribution in [0.3, 0.4) is 0 Å². The highest BCUT2D eigenvalue weighted by molar-refractivity contribution is 6.32. The summed E-state index contributed by atoms with van der Waals surface area (Å²) in [6.07, 6.45) is 8.30. The lowest BCUT2D eigenvalue weighted by Crippen LogP contribution is -2.25. The van der Waals surface area contributed by atoms with Gasteiger partial charge >= 0.3 is 0 Å². The number of ether oxygens (including phenoxy) is 1. The zero-order valence-electron chi connectivity index (χ0n) is 19.0. The molecule has 2 unspecified atom stereocenters. The topological polar surface area (TPSA) is 63.2 Å². The van der Waals surface area contributed by atoms with Crippen molar-refractivity contribution in [1.29, 1.82) is 0 Å². The fourth-order valence-electron chi connectivity index (χ4n) is 4.50. The van der Waals surface area contributed by atoms with Gasteiger partial charge in [0.25, 0.3) is 0 Å². The quantitative estimate of drug-likeness (QED) is 0.409. The number of fused-ring (bicyclic) bond motifs is 1. The van der Waals surface area contributed by atoms with E-state index in [1.807, 2.05) is 55.5 Å². The predicted molar refractivity (Wildman–Crippen MR) is 138 cm³/mol. The van der Waals surface area contributed by atoms with Crippen molar-refractivity contribution in [3.63, 3.8) is 0 Å². The van der Waals surface area contributed by atoms with Gasteiger partial charge in [0, 0.05) is 23.2 Å². The van der Waals surface area contributed by atoms with Gasteiger partial charge in [-0.15, -0.1) is 21.8 Å². The van der Waals surface area contributed by atoms with Crippen molar-refractivity contribution in [2.75, 3.05) is 31.6 Å². The van der Waals surface area contributed by atoms with Gasteiger partial charge in [0.15, 0.2) is 0 Å². The number of hydrogen-bond donors (Lipinski definition) is 1. The third-order valence-electron chi connectivity index (χ3n) is 6.28. The second kappa shape index (κ2) is 10.3. The molecule has 1 N–H and O–H groups in total. The van der Waals surface area contributed by atoms with Crippen molar-refractivity contribution < 1.29 is 4.74 Å². The van der Waals surface area contributed by atoms with Crippen LogP contribution in [-0.4, -0.2) is 51.7 Å². The van der Waals surface area contributed by atoms with Gasteiger partial charge in [-0.05, 0) is 80.4 Å². The number of halogens is 2. The molecule has 1 aromatic heterocycles. The number of anilines is 2. The molecule has 2 aliphatic rings. The summed E-state index contributed by atoms with van der Waals surface area (Å²) in [5.74, 6) is 1.19. The number of aromatic nitrogens is 3. The molecule has 2 aromatic carbocycles. The molecule has 1 aliphatic heterocycles. The number of alkyl halides is 1. The molecule has 0 amide bonds. The molecule has 0 spiro atoms. The Kier molecular flexibility index (Phi) is 6.99. The van der Waals surface area contributed by atoms with Gasteiger partial charge in [0.2, 0.25) is 5.95 Å².